The molecule has 0 bridgehead atoms. The number of hydrogen-bond acceptors (Lipinski definition) is 4. The van der Waals surface area contributed by atoms with Crippen LogP contribution in [-0.4, -0.2) is 27.8 Å². The standard InChI is InChI=1S/C7H7NO3S/c9-3-1-2-5-6(7(10)11)8-4-12-5/h1-2,4,9H,3H2,(H,10,11). The van der Waals surface area contributed by atoms with Gasteiger partial charge in [0.15, 0.2) is 5.69 Å². The quantitative estimate of drug-likeness (QED) is 0.732. The Labute approximate surface area is 72.8 Å². The maximum Gasteiger partial charge on any atom is 0.356 e. The molecule has 4 nitrogen and oxygen atoms in total. The molecule has 0 aliphatic heterocycles. The molecule has 0 spiro atoms. The van der Waals surface area contributed by atoms with Gasteiger partial charge < -0.3 is 10.2 Å². The highest BCUT2D eigenvalue weighted by Crippen LogP contribution is 2.14. The second-order valence-electron chi connectivity index (χ2n) is 1.96. The van der Waals surface area contributed by atoms with E-state index in [4.69, 9.17) is 10.2 Å². The molecule has 5 heteroatoms. The van der Waals surface area contributed by atoms with Gasteiger partial charge in [-0.2, -0.15) is 0 Å². The van der Waals surface area contributed by atoms with Crippen LogP contribution in [-0.2, 0) is 0 Å². The van der Waals surface area contributed by atoms with Crippen LogP contribution in [0.25, 0.3) is 6.08 Å². The van der Waals surface area contributed by atoms with Crippen molar-refractivity contribution in [2.24, 2.45) is 0 Å². The van der Waals surface area contributed by atoms with E-state index in [0.29, 0.717) is 4.88 Å². The molecular formula is C7H7NO3S. The summed E-state index contributed by atoms with van der Waals surface area (Å²) in [5, 5.41) is 17.0. The Balaban J connectivity index is 2.91. The Kier molecular flexibility index (Phi) is 2.95. The molecule has 1 heterocycles. The molecule has 64 valence electrons. The van der Waals surface area contributed by atoms with Crippen molar-refractivity contribution >= 4 is 23.4 Å². The number of nitrogens with zero attached hydrogens (tertiary/aromatic N) is 1. The molecule has 0 radical (unpaired) electrons. The summed E-state index contributed by atoms with van der Waals surface area (Å²) in [6, 6.07) is 0. The Hall–Kier alpha value is -1.20. The fourth-order valence-electron chi connectivity index (χ4n) is 0.694. The maximum absolute atomic E-state index is 10.5. The van der Waals surface area contributed by atoms with Gasteiger partial charge in [-0.05, 0) is 6.08 Å². The van der Waals surface area contributed by atoms with Crippen molar-refractivity contribution in [1.29, 1.82) is 0 Å². The molecule has 0 saturated heterocycles. The van der Waals surface area contributed by atoms with Gasteiger partial charge in [0.1, 0.15) is 0 Å². The van der Waals surface area contributed by atoms with Gasteiger partial charge in [-0.3, -0.25) is 0 Å². The van der Waals surface area contributed by atoms with Crippen molar-refractivity contribution in [1.82, 2.24) is 4.98 Å². The highest BCUT2D eigenvalue weighted by atomic mass is 32.1. The number of carboxylic acid groups (broad SMARTS) is 1. The maximum atomic E-state index is 10.5. The van der Waals surface area contributed by atoms with Crippen LogP contribution in [0.5, 0.6) is 0 Å². The van der Waals surface area contributed by atoms with Gasteiger partial charge in [-0.25, -0.2) is 9.78 Å². The van der Waals surface area contributed by atoms with Crippen LogP contribution in [0.15, 0.2) is 11.6 Å². The molecule has 0 atom stereocenters. The Morgan fingerprint density at radius 2 is 2.50 bits per heavy atom. The van der Waals surface area contributed by atoms with E-state index < -0.39 is 5.97 Å². The highest BCUT2D eigenvalue weighted by Gasteiger charge is 2.09. The minimum atomic E-state index is -1.05. The summed E-state index contributed by atoms with van der Waals surface area (Å²) in [6.07, 6.45) is 3.01. The monoisotopic (exact) mass is 185 g/mol. The molecule has 2 N–H and O–H groups in total. The van der Waals surface area contributed by atoms with Gasteiger partial charge in [0.25, 0.3) is 0 Å². The average Bonchev–Trinajstić information content (AvgIpc) is 2.48. The molecule has 0 saturated carbocycles. The summed E-state index contributed by atoms with van der Waals surface area (Å²) in [5.74, 6) is -1.05. The van der Waals surface area contributed by atoms with Crippen LogP contribution >= 0.6 is 11.3 Å². The van der Waals surface area contributed by atoms with Crippen molar-refractivity contribution in [3.8, 4) is 0 Å². The Morgan fingerprint density at radius 3 is 3.08 bits per heavy atom. The third-order valence-electron chi connectivity index (χ3n) is 1.17. The lowest BCUT2D eigenvalue weighted by atomic mass is 10.3. The zero-order valence-electron chi connectivity index (χ0n) is 6.10. The number of aromatic nitrogens is 1. The van der Waals surface area contributed by atoms with E-state index in [2.05, 4.69) is 4.98 Å². The topological polar surface area (TPSA) is 70.4 Å². The molecule has 1 aromatic rings. The summed E-state index contributed by atoms with van der Waals surface area (Å²) in [7, 11) is 0. The zero-order valence-corrected chi connectivity index (χ0v) is 6.91. The van der Waals surface area contributed by atoms with Crippen molar-refractivity contribution in [2.75, 3.05) is 6.61 Å². The number of aliphatic hydroxyl groups excluding tert-OH is 1. The number of thiazole rings is 1. The van der Waals surface area contributed by atoms with Gasteiger partial charge in [0.2, 0.25) is 0 Å². The van der Waals surface area contributed by atoms with Gasteiger partial charge >= 0.3 is 5.97 Å². The van der Waals surface area contributed by atoms with E-state index >= 15 is 0 Å². The molecular weight excluding hydrogens is 178 g/mol. The number of carbonyl (C=O) groups is 1. The third-order valence-corrected chi connectivity index (χ3v) is 1.97. The minimum absolute atomic E-state index is 0.0321. The van der Waals surface area contributed by atoms with Crippen LogP contribution in [0.3, 0.4) is 0 Å². The summed E-state index contributed by atoms with van der Waals surface area (Å²) in [6.45, 7) is -0.100. The summed E-state index contributed by atoms with van der Waals surface area (Å²) < 4.78 is 0. The second-order valence-corrected chi connectivity index (χ2v) is 2.84. The molecule has 1 rings (SSSR count). The molecule has 0 aliphatic carbocycles. The highest BCUT2D eigenvalue weighted by molar-refractivity contribution is 7.10. The molecule has 0 amide bonds. The molecule has 0 aliphatic rings. The fourth-order valence-corrected chi connectivity index (χ4v) is 1.39. The molecule has 1 aromatic heterocycles. The molecule has 0 fully saturated rings. The molecule has 0 unspecified atom stereocenters. The second kappa shape index (κ2) is 3.99. The number of aliphatic hydroxyl groups is 1. The van der Waals surface area contributed by atoms with E-state index in [1.54, 1.807) is 6.08 Å². The van der Waals surface area contributed by atoms with E-state index in [1.165, 1.54) is 22.9 Å². The van der Waals surface area contributed by atoms with Crippen molar-refractivity contribution in [3.63, 3.8) is 0 Å². The minimum Gasteiger partial charge on any atom is -0.476 e. The number of aromatic carboxylic acids is 1. The lowest BCUT2D eigenvalue weighted by Gasteiger charge is -1.88. The molecule has 12 heavy (non-hydrogen) atoms. The Bertz CT molecular complexity index is 305. The summed E-state index contributed by atoms with van der Waals surface area (Å²) >= 11 is 1.23. The number of carboxylic acids is 1. The van der Waals surface area contributed by atoms with E-state index in [0.717, 1.165) is 0 Å². The molecule has 0 aromatic carbocycles. The van der Waals surface area contributed by atoms with E-state index in [-0.39, 0.29) is 12.3 Å². The first-order valence-corrected chi connectivity index (χ1v) is 4.08. The average molecular weight is 185 g/mol. The lowest BCUT2D eigenvalue weighted by molar-refractivity contribution is 0.0691. The predicted molar refractivity (Wildman–Crippen MR) is 45.2 cm³/mol. The van der Waals surface area contributed by atoms with Crippen LogP contribution in [0, 0.1) is 0 Å². The van der Waals surface area contributed by atoms with Crippen molar-refractivity contribution < 1.29 is 15.0 Å². The van der Waals surface area contributed by atoms with Gasteiger partial charge in [-0.1, -0.05) is 6.08 Å². The van der Waals surface area contributed by atoms with Gasteiger partial charge in [0.05, 0.1) is 17.0 Å². The van der Waals surface area contributed by atoms with Crippen LogP contribution < -0.4 is 0 Å². The fraction of sp³-hybridized carbons (Fsp3) is 0.143. The predicted octanol–water partition coefficient (Wildman–Crippen LogP) is 0.847. The first-order chi connectivity index (χ1) is 5.75. The first kappa shape index (κ1) is 8.89. The lowest BCUT2D eigenvalue weighted by Crippen LogP contribution is -1.97. The van der Waals surface area contributed by atoms with Crippen molar-refractivity contribution in [3.05, 3.63) is 22.2 Å². The third kappa shape index (κ3) is 1.90. The summed E-state index contributed by atoms with van der Waals surface area (Å²) in [4.78, 5) is 14.7. The van der Waals surface area contributed by atoms with Gasteiger partial charge in [0, 0.05) is 0 Å². The number of hydrogen-bond donors (Lipinski definition) is 2. The number of rotatable bonds is 3. The SMILES string of the molecule is O=C(O)c1ncsc1C=CCO. The van der Waals surface area contributed by atoms with Crippen LogP contribution in [0.1, 0.15) is 15.4 Å². The van der Waals surface area contributed by atoms with Crippen molar-refractivity contribution in [2.45, 2.75) is 0 Å². The summed E-state index contributed by atoms with van der Waals surface area (Å²) in [5.41, 5.74) is 1.49. The largest absolute Gasteiger partial charge is 0.476 e. The normalized spacial score (nSPS) is 10.8. The van der Waals surface area contributed by atoms with Crippen LogP contribution in [0.4, 0.5) is 0 Å². The zero-order chi connectivity index (χ0) is 8.97. The van der Waals surface area contributed by atoms with Crippen LogP contribution in [0.2, 0.25) is 0 Å². The van der Waals surface area contributed by atoms with Gasteiger partial charge in [-0.15, -0.1) is 11.3 Å². The first-order valence-electron chi connectivity index (χ1n) is 3.20. The smallest absolute Gasteiger partial charge is 0.356 e. The Morgan fingerprint density at radius 1 is 1.75 bits per heavy atom. The van der Waals surface area contributed by atoms with E-state index in [9.17, 15) is 4.79 Å². The van der Waals surface area contributed by atoms with E-state index in [1.807, 2.05) is 0 Å².